The molecule has 1 N–H and O–H groups in total. The minimum Gasteiger partial charge on any atom is -0.345 e. The minimum absolute atomic E-state index is 0.496. The fourth-order valence-electron chi connectivity index (χ4n) is 1.32. The van der Waals surface area contributed by atoms with E-state index < -0.39 is 0 Å². The smallest absolute Gasteiger partial charge is 0.118 e. The lowest BCUT2D eigenvalue weighted by molar-refractivity contribution is 1.36. The maximum atomic E-state index is 8.74. The summed E-state index contributed by atoms with van der Waals surface area (Å²) in [7, 11) is 0. The van der Waals surface area contributed by atoms with Crippen LogP contribution in [-0.4, -0.2) is 4.98 Å². The summed E-state index contributed by atoms with van der Waals surface area (Å²) in [5, 5.41) is 18.3. The third-order valence-corrected chi connectivity index (χ3v) is 2.56. The lowest BCUT2D eigenvalue weighted by atomic mass is 10.2. The minimum atomic E-state index is 0.496. The van der Waals surface area contributed by atoms with Gasteiger partial charge in [0.2, 0.25) is 0 Å². The number of aromatic amines is 1. The number of nitrogens with zero attached hydrogens (tertiary/aromatic N) is 2. The van der Waals surface area contributed by atoms with Crippen LogP contribution < -0.4 is 0 Å². The molecule has 0 unspecified atom stereocenters. The monoisotopic (exact) mass is 245 g/mol. The Morgan fingerprint density at radius 2 is 1.93 bits per heavy atom. The molecule has 0 atom stereocenters. The molecule has 1 aromatic heterocycles. The van der Waals surface area contributed by atoms with Crippen LogP contribution in [0.2, 0.25) is 0 Å². The van der Waals surface area contributed by atoms with Gasteiger partial charge < -0.3 is 4.98 Å². The number of halogens is 1. The van der Waals surface area contributed by atoms with Crippen molar-refractivity contribution in [2.45, 2.75) is 0 Å². The molecular formula is C10H4BrN3. The molecule has 0 radical (unpaired) electrons. The molecule has 0 aliphatic rings. The van der Waals surface area contributed by atoms with Crippen LogP contribution in [0.1, 0.15) is 11.3 Å². The number of H-pyrrole nitrogens is 1. The summed E-state index contributed by atoms with van der Waals surface area (Å²) in [5.41, 5.74) is 1.92. The fraction of sp³-hybridized carbons (Fsp3) is 0. The van der Waals surface area contributed by atoms with E-state index in [4.69, 9.17) is 10.5 Å². The molecule has 3 nitrogen and oxygen atoms in total. The van der Waals surface area contributed by atoms with E-state index in [1.165, 1.54) is 0 Å². The van der Waals surface area contributed by atoms with Crippen molar-refractivity contribution >= 4 is 26.8 Å². The molecule has 0 saturated carbocycles. The molecule has 0 amide bonds. The molecule has 4 heteroatoms. The summed E-state index contributed by atoms with van der Waals surface area (Å²) in [6, 6.07) is 9.28. The molecule has 1 aromatic carbocycles. The first-order chi connectivity index (χ1) is 6.74. The number of nitrogens with one attached hydrogen (secondary N) is 1. The van der Waals surface area contributed by atoms with Crippen LogP contribution in [0.15, 0.2) is 22.7 Å². The van der Waals surface area contributed by atoms with Crippen molar-refractivity contribution < 1.29 is 0 Å². The van der Waals surface area contributed by atoms with Crippen LogP contribution in [-0.2, 0) is 0 Å². The Kier molecular flexibility index (Phi) is 1.99. The zero-order valence-corrected chi connectivity index (χ0v) is 8.59. The Balaban J connectivity index is 2.83. The van der Waals surface area contributed by atoms with Gasteiger partial charge in [-0.3, -0.25) is 0 Å². The average Bonchev–Trinajstić information content (AvgIpc) is 2.61. The third-order valence-electron chi connectivity index (χ3n) is 1.93. The SMILES string of the molecule is N#Cc1cc(Br)c2[nH]c(C#N)cc2c1. The van der Waals surface area contributed by atoms with Crippen LogP contribution >= 0.6 is 15.9 Å². The summed E-state index contributed by atoms with van der Waals surface area (Å²) in [5.74, 6) is 0. The maximum absolute atomic E-state index is 8.74. The van der Waals surface area contributed by atoms with Crippen molar-refractivity contribution in [1.29, 1.82) is 10.5 Å². The van der Waals surface area contributed by atoms with Gasteiger partial charge in [-0.15, -0.1) is 0 Å². The molecule has 0 aliphatic heterocycles. The highest BCUT2D eigenvalue weighted by molar-refractivity contribution is 9.10. The Bertz CT molecular complexity index is 584. The largest absolute Gasteiger partial charge is 0.345 e. The van der Waals surface area contributed by atoms with Crippen molar-refractivity contribution in [3.63, 3.8) is 0 Å². The molecule has 0 bridgehead atoms. The van der Waals surface area contributed by atoms with Gasteiger partial charge in [0.05, 0.1) is 17.1 Å². The maximum Gasteiger partial charge on any atom is 0.118 e. The van der Waals surface area contributed by atoms with E-state index in [9.17, 15) is 0 Å². The van der Waals surface area contributed by atoms with E-state index in [1.54, 1.807) is 18.2 Å². The highest BCUT2D eigenvalue weighted by atomic mass is 79.9. The normalized spacial score (nSPS) is 9.64. The van der Waals surface area contributed by atoms with E-state index in [0.29, 0.717) is 11.3 Å². The van der Waals surface area contributed by atoms with Gasteiger partial charge in [0, 0.05) is 9.86 Å². The summed E-state index contributed by atoms with van der Waals surface area (Å²) >= 11 is 3.34. The molecule has 0 aliphatic carbocycles. The van der Waals surface area contributed by atoms with Crippen molar-refractivity contribution in [2.24, 2.45) is 0 Å². The molecular weight excluding hydrogens is 242 g/mol. The number of fused-ring (bicyclic) bond motifs is 1. The van der Waals surface area contributed by atoms with E-state index in [0.717, 1.165) is 15.4 Å². The third kappa shape index (κ3) is 1.26. The molecule has 1 heterocycles. The van der Waals surface area contributed by atoms with Gasteiger partial charge in [-0.25, -0.2) is 0 Å². The first-order valence-electron chi connectivity index (χ1n) is 3.87. The first kappa shape index (κ1) is 8.80. The van der Waals surface area contributed by atoms with Crippen LogP contribution in [0.4, 0.5) is 0 Å². The summed E-state index contributed by atoms with van der Waals surface area (Å²) in [4.78, 5) is 2.95. The van der Waals surface area contributed by atoms with Gasteiger partial charge in [0.15, 0.2) is 0 Å². The van der Waals surface area contributed by atoms with Crippen molar-refractivity contribution in [3.05, 3.63) is 33.9 Å². The van der Waals surface area contributed by atoms with Gasteiger partial charge in [-0.2, -0.15) is 10.5 Å². The number of nitriles is 2. The van der Waals surface area contributed by atoms with Gasteiger partial charge in [-0.1, -0.05) is 0 Å². The Labute approximate surface area is 88.7 Å². The summed E-state index contributed by atoms with van der Waals surface area (Å²) in [6.07, 6.45) is 0. The average molecular weight is 246 g/mol. The van der Waals surface area contributed by atoms with Crippen molar-refractivity contribution in [2.75, 3.05) is 0 Å². The predicted octanol–water partition coefficient (Wildman–Crippen LogP) is 2.67. The molecule has 2 rings (SSSR count). The predicted molar refractivity (Wildman–Crippen MR) is 55.4 cm³/mol. The number of hydrogen-bond acceptors (Lipinski definition) is 2. The second kappa shape index (κ2) is 3.17. The highest BCUT2D eigenvalue weighted by Crippen LogP contribution is 2.25. The Morgan fingerprint density at radius 3 is 2.57 bits per heavy atom. The molecule has 2 aromatic rings. The van der Waals surface area contributed by atoms with Gasteiger partial charge >= 0.3 is 0 Å². The standard InChI is InChI=1S/C10H4BrN3/c11-9-2-6(4-12)1-7-3-8(5-13)14-10(7)9/h1-3,14H. The number of rotatable bonds is 0. The summed E-state index contributed by atoms with van der Waals surface area (Å²) in [6.45, 7) is 0. The molecule has 0 fully saturated rings. The van der Waals surface area contributed by atoms with Gasteiger partial charge in [0.1, 0.15) is 11.8 Å². The zero-order valence-electron chi connectivity index (χ0n) is 7.00. The number of aromatic nitrogens is 1. The van der Waals surface area contributed by atoms with E-state index in [-0.39, 0.29) is 0 Å². The lowest BCUT2D eigenvalue weighted by Gasteiger charge is -1.94. The highest BCUT2D eigenvalue weighted by Gasteiger charge is 2.05. The van der Waals surface area contributed by atoms with E-state index in [1.807, 2.05) is 6.07 Å². The second-order valence-corrected chi connectivity index (χ2v) is 3.68. The van der Waals surface area contributed by atoms with Crippen LogP contribution in [0.3, 0.4) is 0 Å². The topological polar surface area (TPSA) is 63.4 Å². The van der Waals surface area contributed by atoms with Crippen molar-refractivity contribution in [3.8, 4) is 12.1 Å². The lowest BCUT2D eigenvalue weighted by Crippen LogP contribution is -1.76. The van der Waals surface area contributed by atoms with Crippen molar-refractivity contribution in [1.82, 2.24) is 4.98 Å². The zero-order chi connectivity index (χ0) is 10.1. The number of hydrogen-bond donors (Lipinski definition) is 1. The molecule has 66 valence electrons. The van der Waals surface area contributed by atoms with E-state index >= 15 is 0 Å². The van der Waals surface area contributed by atoms with E-state index in [2.05, 4.69) is 27.0 Å². The molecule has 14 heavy (non-hydrogen) atoms. The quantitative estimate of drug-likeness (QED) is 0.776. The van der Waals surface area contributed by atoms with Crippen LogP contribution in [0.25, 0.3) is 10.9 Å². The van der Waals surface area contributed by atoms with Crippen LogP contribution in [0, 0.1) is 22.7 Å². The van der Waals surface area contributed by atoms with Gasteiger partial charge in [-0.05, 0) is 34.1 Å². The second-order valence-electron chi connectivity index (χ2n) is 2.83. The Hall–Kier alpha value is -1.78. The first-order valence-corrected chi connectivity index (χ1v) is 4.66. The number of benzene rings is 1. The molecule has 0 saturated heterocycles. The van der Waals surface area contributed by atoms with Crippen LogP contribution in [0.5, 0.6) is 0 Å². The van der Waals surface area contributed by atoms with Gasteiger partial charge in [0.25, 0.3) is 0 Å². The summed E-state index contributed by atoms with van der Waals surface area (Å²) < 4.78 is 0.799. The Morgan fingerprint density at radius 1 is 1.14 bits per heavy atom. The molecule has 0 spiro atoms. The fourth-order valence-corrected chi connectivity index (χ4v) is 1.90.